The highest BCUT2D eigenvalue weighted by Gasteiger charge is 2.43. The van der Waals surface area contributed by atoms with E-state index in [1.807, 2.05) is 27.2 Å². The third-order valence-corrected chi connectivity index (χ3v) is 5.12. The normalized spacial score (nSPS) is 14.9. The molecule has 1 heterocycles. The fourth-order valence-corrected chi connectivity index (χ4v) is 3.53. The number of rotatable bonds is 4. The molecular weight excluding hydrogens is 451 g/mol. The van der Waals surface area contributed by atoms with Gasteiger partial charge in [0.25, 0.3) is 0 Å². The topological polar surface area (TPSA) is 43.5 Å². The molecule has 1 N–H and O–H groups in total. The zero-order valence-corrected chi connectivity index (χ0v) is 18.5. The molecule has 0 aromatic heterocycles. The Bertz CT molecular complexity index is 926. The van der Waals surface area contributed by atoms with Gasteiger partial charge < -0.3 is 34.0 Å². The third-order valence-electron chi connectivity index (χ3n) is 5.12. The number of carbonyl (C=O) groups is 1. The molecule has 4 nitrogen and oxygen atoms in total. The van der Waals surface area contributed by atoms with Crippen molar-refractivity contribution in [3.8, 4) is 0 Å². The number of hydrogen-bond donors (Lipinski definition) is 1. The van der Waals surface area contributed by atoms with E-state index in [9.17, 15) is 9.90 Å². The maximum Gasteiger partial charge on any atom is 0.335 e. The van der Waals surface area contributed by atoms with Crippen LogP contribution in [0.4, 0.5) is 11.4 Å². The van der Waals surface area contributed by atoms with E-state index in [-0.39, 0.29) is 29.4 Å². The van der Waals surface area contributed by atoms with Crippen LogP contribution < -0.4 is 28.9 Å². The molecule has 1 aliphatic rings. The molecule has 0 saturated carbocycles. The first kappa shape index (κ1) is 21.2. The minimum Gasteiger partial charge on any atom is -1.00 e. The molecule has 0 fully saturated rings. The first-order valence-electron chi connectivity index (χ1n) is 8.66. The van der Waals surface area contributed by atoms with E-state index in [1.165, 1.54) is 5.69 Å². The molecular formula is C22H25IN2O2. The van der Waals surface area contributed by atoms with Crippen molar-refractivity contribution in [3.63, 3.8) is 0 Å². The van der Waals surface area contributed by atoms with Crippen LogP contribution in [0.25, 0.3) is 6.08 Å². The molecule has 2 aromatic carbocycles. The van der Waals surface area contributed by atoms with Crippen LogP contribution in [0.5, 0.6) is 0 Å². The summed E-state index contributed by atoms with van der Waals surface area (Å²) < 4.78 is 2.14. The number of benzene rings is 2. The second-order valence-electron chi connectivity index (χ2n) is 7.43. The molecule has 1 aliphatic heterocycles. The highest BCUT2D eigenvalue weighted by atomic mass is 127. The van der Waals surface area contributed by atoms with Crippen LogP contribution in [0.3, 0.4) is 0 Å². The van der Waals surface area contributed by atoms with Crippen molar-refractivity contribution < 1.29 is 38.5 Å². The van der Waals surface area contributed by atoms with E-state index in [0.717, 1.165) is 22.5 Å². The molecule has 0 spiro atoms. The lowest BCUT2D eigenvalue weighted by molar-refractivity contribution is -0.401. The van der Waals surface area contributed by atoms with Crippen LogP contribution in [0.15, 0.2) is 48.5 Å². The Morgan fingerprint density at radius 3 is 2.26 bits per heavy atom. The predicted octanol–water partition coefficient (Wildman–Crippen LogP) is 1.17. The number of fused-ring (bicyclic) bond motifs is 1. The van der Waals surface area contributed by atoms with Crippen LogP contribution in [0.2, 0.25) is 0 Å². The zero-order chi connectivity index (χ0) is 19.1. The van der Waals surface area contributed by atoms with E-state index in [1.54, 1.807) is 12.1 Å². The van der Waals surface area contributed by atoms with Gasteiger partial charge in [-0.15, -0.1) is 0 Å². The second-order valence-corrected chi connectivity index (χ2v) is 7.43. The number of aromatic carboxylic acids is 1. The van der Waals surface area contributed by atoms with Crippen molar-refractivity contribution >= 4 is 29.1 Å². The van der Waals surface area contributed by atoms with Gasteiger partial charge in [-0.05, 0) is 49.8 Å². The van der Waals surface area contributed by atoms with Gasteiger partial charge in [0, 0.05) is 37.5 Å². The molecule has 27 heavy (non-hydrogen) atoms. The van der Waals surface area contributed by atoms with Gasteiger partial charge in [-0.25, -0.2) is 4.79 Å². The monoisotopic (exact) mass is 476 g/mol. The van der Waals surface area contributed by atoms with Crippen LogP contribution in [0, 0.1) is 0 Å². The summed E-state index contributed by atoms with van der Waals surface area (Å²) in [5.41, 5.74) is 5.62. The van der Waals surface area contributed by atoms with E-state index in [4.69, 9.17) is 0 Å². The fourth-order valence-electron chi connectivity index (χ4n) is 3.53. The van der Waals surface area contributed by atoms with Crippen molar-refractivity contribution in [1.29, 1.82) is 0 Å². The highest BCUT2D eigenvalue weighted by Crippen LogP contribution is 2.40. The Kier molecular flexibility index (Phi) is 6.14. The van der Waals surface area contributed by atoms with Crippen molar-refractivity contribution in [2.24, 2.45) is 0 Å². The highest BCUT2D eigenvalue weighted by molar-refractivity contribution is 6.05. The van der Waals surface area contributed by atoms with E-state index in [2.05, 4.69) is 59.7 Å². The van der Waals surface area contributed by atoms with Gasteiger partial charge >= 0.3 is 5.97 Å². The molecule has 0 unspecified atom stereocenters. The number of nitrogens with zero attached hydrogens (tertiary/aromatic N) is 2. The molecule has 0 saturated heterocycles. The zero-order valence-electron chi connectivity index (χ0n) is 16.3. The number of carboxylic acids is 1. The molecule has 0 amide bonds. The van der Waals surface area contributed by atoms with Crippen LogP contribution in [-0.4, -0.2) is 42.5 Å². The number of allylic oxidation sites excluding steroid dienone is 1. The molecule has 5 heteroatoms. The number of halogens is 1. The quantitative estimate of drug-likeness (QED) is 0.533. The van der Waals surface area contributed by atoms with Gasteiger partial charge in [0.15, 0.2) is 5.71 Å². The molecule has 0 aliphatic carbocycles. The maximum atomic E-state index is 11.3. The summed E-state index contributed by atoms with van der Waals surface area (Å²) in [6, 6.07) is 13.8. The van der Waals surface area contributed by atoms with Crippen LogP contribution >= 0.6 is 0 Å². The van der Waals surface area contributed by atoms with E-state index < -0.39 is 5.97 Å². The van der Waals surface area contributed by atoms with Crippen molar-refractivity contribution in [2.45, 2.75) is 19.3 Å². The van der Waals surface area contributed by atoms with Gasteiger partial charge in [0.05, 0.1) is 11.0 Å². The van der Waals surface area contributed by atoms with Gasteiger partial charge in [-0.1, -0.05) is 12.1 Å². The summed E-state index contributed by atoms with van der Waals surface area (Å²) >= 11 is 0. The Balaban J connectivity index is 0.00000261. The molecule has 0 radical (unpaired) electrons. The Hall–Kier alpha value is -2.15. The van der Waals surface area contributed by atoms with Gasteiger partial charge in [0.2, 0.25) is 5.69 Å². The Morgan fingerprint density at radius 1 is 1.07 bits per heavy atom. The predicted molar refractivity (Wildman–Crippen MR) is 107 cm³/mol. The van der Waals surface area contributed by atoms with Gasteiger partial charge in [-0.3, -0.25) is 0 Å². The number of anilines is 1. The first-order valence-corrected chi connectivity index (χ1v) is 8.66. The number of hydrogen-bond acceptors (Lipinski definition) is 2. The number of carboxylic acid groups (broad SMARTS) is 1. The minimum atomic E-state index is -0.892. The molecule has 2 aromatic rings. The molecule has 142 valence electrons. The SMILES string of the molecule is CN(C)c1ccc(C=CC2=[N+](C)c3ccc(C(=O)O)cc3C2(C)C)cc1.[I-]. The average Bonchev–Trinajstić information content (AvgIpc) is 2.79. The maximum absolute atomic E-state index is 11.3. The van der Waals surface area contributed by atoms with Crippen molar-refractivity contribution in [2.75, 3.05) is 26.0 Å². The Morgan fingerprint density at radius 2 is 1.70 bits per heavy atom. The lowest BCUT2D eigenvalue weighted by Crippen LogP contribution is -3.00. The molecule has 0 atom stereocenters. The van der Waals surface area contributed by atoms with Crippen LogP contribution in [-0.2, 0) is 5.41 Å². The second kappa shape index (κ2) is 7.84. The fraction of sp³-hybridized carbons (Fsp3) is 0.273. The summed E-state index contributed by atoms with van der Waals surface area (Å²) in [4.78, 5) is 13.4. The van der Waals surface area contributed by atoms with E-state index in [0.29, 0.717) is 5.56 Å². The smallest absolute Gasteiger partial charge is 0.335 e. The lowest BCUT2D eigenvalue weighted by atomic mass is 9.80. The summed E-state index contributed by atoms with van der Waals surface area (Å²) in [5.74, 6) is -0.892. The summed E-state index contributed by atoms with van der Waals surface area (Å²) in [6.45, 7) is 4.27. The minimum absolute atomic E-state index is 0. The van der Waals surface area contributed by atoms with Gasteiger partial charge in [0.1, 0.15) is 7.05 Å². The standard InChI is InChI=1S/C22H24N2O2.HI/c1-22(2)18-14-16(21(25)26)9-12-19(18)24(5)20(22)13-8-15-6-10-17(11-7-15)23(3)4;/h6-14H,1-5H3;1H. The third kappa shape index (κ3) is 3.93. The molecule has 3 rings (SSSR count). The molecule has 0 bridgehead atoms. The van der Waals surface area contributed by atoms with Gasteiger partial charge in [-0.2, -0.15) is 4.58 Å². The Labute approximate surface area is 177 Å². The lowest BCUT2D eigenvalue weighted by Gasteiger charge is -2.16. The summed E-state index contributed by atoms with van der Waals surface area (Å²) in [6.07, 6.45) is 4.24. The first-order chi connectivity index (χ1) is 12.2. The average molecular weight is 476 g/mol. The van der Waals surface area contributed by atoms with E-state index >= 15 is 0 Å². The summed E-state index contributed by atoms with van der Waals surface area (Å²) in [7, 11) is 6.08. The van der Waals surface area contributed by atoms with Crippen LogP contribution in [0.1, 0.15) is 35.3 Å². The van der Waals surface area contributed by atoms with Crippen molar-refractivity contribution in [1.82, 2.24) is 0 Å². The summed E-state index contributed by atoms with van der Waals surface area (Å²) in [5, 5.41) is 9.29. The largest absolute Gasteiger partial charge is 1.00 e. The van der Waals surface area contributed by atoms with Crippen molar-refractivity contribution in [3.05, 3.63) is 65.2 Å².